The van der Waals surface area contributed by atoms with Gasteiger partial charge in [-0.2, -0.15) is 0 Å². The van der Waals surface area contributed by atoms with Crippen molar-refractivity contribution in [3.63, 3.8) is 0 Å². The number of fused-ring (bicyclic) bond motifs is 1. The molecule has 0 saturated heterocycles. The second kappa shape index (κ2) is 2.79. The van der Waals surface area contributed by atoms with E-state index in [0.29, 0.717) is 0 Å². The van der Waals surface area contributed by atoms with Crippen LogP contribution in [0.3, 0.4) is 0 Å². The third-order valence-electron chi connectivity index (χ3n) is 1.82. The fourth-order valence-electron chi connectivity index (χ4n) is 1.22. The largest absolute Gasteiger partial charge is 0.335 e. The van der Waals surface area contributed by atoms with E-state index in [-0.39, 0.29) is 0 Å². The van der Waals surface area contributed by atoms with Gasteiger partial charge in [0.05, 0.1) is 5.39 Å². The SMILES string of the molecule is CSc1ncnc2c1ccn2C. The summed E-state index contributed by atoms with van der Waals surface area (Å²) in [5.74, 6) is 0. The van der Waals surface area contributed by atoms with Gasteiger partial charge >= 0.3 is 0 Å². The van der Waals surface area contributed by atoms with Crippen molar-refractivity contribution in [3.05, 3.63) is 18.6 Å². The summed E-state index contributed by atoms with van der Waals surface area (Å²) in [5.41, 5.74) is 0.995. The number of nitrogens with zero attached hydrogens (tertiary/aromatic N) is 3. The molecule has 0 atom stereocenters. The van der Waals surface area contributed by atoms with Gasteiger partial charge in [0.15, 0.2) is 0 Å². The molecule has 0 unspecified atom stereocenters. The Kier molecular flexibility index (Phi) is 1.77. The summed E-state index contributed by atoms with van der Waals surface area (Å²) >= 11 is 1.65. The molecule has 2 rings (SSSR count). The number of hydrogen-bond donors (Lipinski definition) is 0. The molecule has 0 bridgehead atoms. The third kappa shape index (κ3) is 0.992. The zero-order valence-corrected chi connectivity index (χ0v) is 7.80. The molecule has 0 saturated carbocycles. The van der Waals surface area contributed by atoms with E-state index in [1.54, 1.807) is 18.1 Å². The molecule has 2 heterocycles. The van der Waals surface area contributed by atoms with Crippen LogP contribution in [0.2, 0.25) is 0 Å². The first-order valence-electron chi connectivity index (χ1n) is 3.63. The monoisotopic (exact) mass is 179 g/mol. The van der Waals surface area contributed by atoms with Crippen molar-refractivity contribution in [1.29, 1.82) is 0 Å². The lowest BCUT2D eigenvalue weighted by Crippen LogP contribution is -1.89. The molecule has 3 nitrogen and oxygen atoms in total. The molecule has 12 heavy (non-hydrogen) atoms. The van der Waals surface area contributed by atoms with E-state index in [1.165, 1.54) is 0 Å². The van der Waals surface area contributed by atoms with Gasteiger partial charge in [-0.1, -0.05) is 0 Å². The Morgan fingerprint density at radius 1 is 1.42 bits per heavy atom. The van der Waals surface area contributed by atoms with E-state index in [2.05, 4.69) is 9.97 Å². The molecule has 0 aliphatic carbocycles. The van der Waals surface area contributed by atoms with E-state index in [4.69, 9.17) is 0 Å². The van der Waals surface area contributed by atoms with Crippen LogP contribution >= 0.6 is 11.8 Å². The van der Waals surface area contributed by atoms with Crippen LogP contribution in [-0.4, -0.2) is 20.8 Å². The zero-order chi connectivity index (χ0) is 8.55. The topological polar surface area (TPSA) is 30.7 Å². The standard InChI is InChI=1S/C8H9N3S/c1-11-4-3-6-7(11)9-5-10-8(6)12-2/h3-5H,1-2H3. The summed E-state index contributed by atoms with van der Waals surface area (Å²) < 4.78 is 2.00. The van der Waals surface area contributed by atoms with Crippen molar-refractivity contribution < 1.29 is 0 Å². The molecule has 0 radical (unpaired) electrons. The van der Waals surface area contributed by atoms with Gasteiger partial charge in [0.1, 0.15) is 17.0 Å². The molecule has 0 aromatic carbocycles. The quantitative estimate of drug-likeness (QED) is 0.493. The molecular weight excluding hydrogens is 170 g/mol. The molecule has 62 valence electrons. The predicted molar refractivity (Wildman–Crippen MR) is 50.3 cm³/mol. The Bertz CT molecular complexity index is 408. The van der Waals surface area contributed by atoms with Crippen molar-refractivity contribution in [2.45, 2.75) is 5.03 Å². The van der Waals surface area contributed by atoms with Gasteiger partial charge in [-0.15, -0.1) is 11.8 Å². The Morgan fingerprint density at radius 2 is 2.25 bits per heavy atom. The molecular formula is C8H9N3S. The Morgan fingerprint density at radius 3 is 3.00 bits per heavy atom. The van der Waals surface area contributed by atoms with Crippen LogP contribution in [0.15, 0.2) is 23.6 Å². The van der Waals surface area contributed by atoms with E-state index < -0.39 is 0 Å². The highest BCUT2D eigenvalue weighted by molar-refractivity contribution is 7.98. The number of rotatable bonds is 1. The first kappa shape index (κ1) is 7.61. The van der Waals surface area contributed by atoms with Crippen LogP contribution in [-0.2, 0) is 7.05 Å². The normalized spacial score (nSPS) is 10.8. The summed E-state index contributed by atoms with van der Waals surface area (Å²) in [4.78, 5) is 8.37. The first-order chi connectivity index (χ1) is 5.83. The van der Waals surface area contributed by atoms with Crippen molar-refractivity contribution in [2.24, 2.45) is 7.05 Å². The molecule has 2 aromatic rings. The van der Waals surface area contributed by atoms with Crippen molar-refractivity contribution >= 4 is 22.8 Å². The second-order valence-corrected chi connectivity index (χ2v) is 3.34. The average molecular weight is 179 g/mol. The highest BCUT2D eigenvalue weighted by Crippen LogP contribution is 2.22. The smallest absolute Gasteiger partial charge is 0.144 e. The van der Waals surface area contributed by atoms with Gasteiger partial charge in [0.25, 0.3) is 0 Å². The Labute approximate surface area is 74.8 Å². The van der Waals surface area contributed by atoms with E-state index in [1.807, 2.05) is 30.1 Å². The maximum atomic E-state index is 4.19. The van der Waals surface area contributed by atoms with Crippen LogP contribution in [0.25, 0.3) is 11.0 Å². The summed E-state index contributed by atoms with van der Waals surface area (Å²) in [7, 11) is 1.99. The predicted octanol–water partition coefficient (Wildman–Crippen LogP) is 1.69. The van der Waals surface area contributed by atoms with Crippen LogP contribution in [0.5, 0.6) is 0 Å². The number of aromatic nitrogens is 3. The summed E-state index contributed by atoms with van der Waals surface area (Å²) in [6, 6.07) is 2.04. The molecule has 2 aromatic heterocycles. The Balaban J connectivity index is 2.81. The fourth-order valence-corrected chi connectivity index (χ4v) is 1.75. The molecule has 0 N–H and O–H groups in total. The highest BCUT2D eigenvalue weighted by Gasteiger charge is 2.03. The van der Waals surface area contributed by atoms with Crippen LogP contribution in [0.1, 0.15) is 0 Å². The van der Waals surface area contributed by atoms with Crippen molar-refractivity contribution in [3.8, 4) is 0 Å². The molecule has 0 aliphatic heterocycles. The van der Waals surface area contributed by atoms with E-state index in [0.717, 1.165) is 16.1 Å². The highest BCUT2D eigenvalue weighted by atomic mass is 32.2. The van der Waals surface area contributed by atoms with Gasteiger partial charge in [-0.25, -0.2) is 9.97 Å². The molecule has 0 fully saturated rings. The average Bonchev–Trinajstić information content (AvgIpc) is 2.48. The fraction of sp³-hybridized carbons (Fsp3) is 0.250. The van der Waals surface area contributed by atoms with Gasteiger partial charge < -0.3 is 4.57 Å². The maximum absolute atomic E-state index is 4.19. The lowest BCUT2D eigenvalue weighted by molar-refractivity contribution is 0.937. The Hall–Kier alpha value is -1.03. The molecule has 0 aliphatic rings. The van der Waals surface area contributed by atoms with Gasteiger partial charge in [0.2, 0.25) is 0 Å². The van der Waals surface area contributed by atoms with Gasteiger partial charge in [0, 0.05) is 13.2 Å². The molecule has 4 heteroatoms. The minimum absolute atomic E-state index is 0.995. The second-order valence-electron chi connectivity index (χ2n) is 2.55. The van der Waals surface area contributed by atoms with Crippen LogP contribution < -0.4 is 0 Å². The van der Waals surface area contributed by atoms with Gasteiger partial charge in [-0.3, -0.25) is 0 Å². The lowest BCUT2D eigenvalue weighted by Gasteiger charge is -1.97. The van der Waals surface area contributed by atoms with Crippen molar-refractivity contribution in [2.75, 3.05) is 6.26 Å². The van der Waals surface area contributed by atoms with Crippen LogP contribution in [0, 0.1) is 0 Å². The summed E-state index contributed by atoms with van der Waals surface area (Å²) in [5, 5.41) is 2.17. The minimum atomic E-state index is 0.995. The number of hydrogen-bond acceptors (Lipinski definition) is 3. The maximum Gasteiger partial charge on any atom is 0.144 e. The summed E-state index contributed by atoms with van der Waals surface area (Å²) in [6.45, 7) is 0. The molecule has 0 amide bonds. The van der Waals surface area contributed by atoms with E-state index >= 15 is 0 Å². The lowest BCUT2D eigenvalue weighted by atomic mass is 10.4. The van der Waals surface area contributed by atoms with Crippen LogP contribution in [0.4, 0.5) is 0 Å². The summed E-state index contributed by atoms with van der Waals surface area (Å²) in [6.07, 6.45) is 5.63. The molecule has 0 spiro atoms. The third-order valence-corrected chi connectivity index (χ3v) is 2.53. The van der Waals surface area contributed by atoms with Crippen molar-refractivity contribution in [1.82, 2.24) is 14.5 Å². The first-order valence-corrected chi connectivity index (χ1v) is 4.85. The van der Waals surface area contributed by atoms with E-state index in [9.17, 15) is 0 Å². The number of aryl methyl sites for hydroxylation is 1. The number of thioether (sulfide) groups is 1. The van der Waals surface area contributed by atoms with Gasteiger partial charge in [-0.05, 0) is 12.3 Å². The minimum Gasteiger partial charge on any atom is -0.335 e. The zero-order valence-electron chi connectivity index (χ0n) is 6.98.